The Morgan fingerprint density at radius 2 is 1.82 bits per heavy atom. The van der Waals surface area contributed by atoms with E-state index in [0.29, 0.717) is 25.6 Å². The molecule has 0 amide bonds. The van der Waals surface area contributed by atoms with Crippen LogP contribution in [0.2, 0.25) is 0 Å². The summed E-state index contributed by atoms with van der Waals surface area (Å²) in [5, 5.41) is 6.36. The van der Waals surface area contributed by atoms with Gasteiger partial charge in [0.2, 0.25) is 0 Å². The summed E-state index contributed by atoms with van der Waals surface area (Å²) >= 11 is 0. The number of nitrogens with zero attached hydrogens (tertiary/aromatic N) is 2. The predicted octanol–water partition coefficient (Wildman–Crippen LogP) is 4.20. The van der Waals surface area contributed by atoms with Gasteiger partial charge in [-0.05, 0) is 43.7 Å². The number of rotatable bonds is 7. The van der Waals surface area contributed by atoms with Gasteiger partial charge in [0.15, 0.2) is 12.6 Å². The lowest BCUT2D eigenvalue weighted by molar-refractivity contribution is -0.153. The maximum atomic E-state index is 12.2. The fourth-order valence-corrected chi connectivity index (χ4v) is 2.24. The number of guanidine groups is 1. The van der Waals surface area contributed by atoms with Gasteiger partial charge in [0, 0.05) is 12.2 Å². The van der Waals surface area contributed by atoms with E-state index < -0.39 is 12.8 Å². The molecule has 2 rings (SSSR count). The average Bonchev–Trinajstić information content (AvgIpc) is 2.62. The first-order chi connectivity index (χ1) is 12.9. The van der Waals surface area contributed by atoms with Crippen molar-refractivity contribution < 1.29 is 17.9 Å². The van der Waals surface area contributed by atoms with Crippen molar-refractivity contribution in [3.05, 3.63) is 59.4 Å². The van der Waals surface area contributed by atoms with Crippen LogP contribution in [0.25, 0.3) is 0 Å². The molecule has 0 spiro atoms. The van der Waals surface area contributed by atoms with Gasteiger partial charge < -0.3 is 15.4 Å². The third-order valence-electron chi connectivity index (χ3n) is 3.47. The van der Waals surface area contributed by atoms with Crippen molar-refractivity contribution in [3.8, 4) is 5.75 Å². The molecule has 154 valence electrons. The van der Waals surface area contributed by atoms with Crippen LogP contribution in [-0.2, 0) is 13.1 Å². The van der Waals surface area contributed by atoms with E-state index in [1.165, 1.54) is 12.1 Å². The number of hydrogen-bond acceptors (Lipinski definition) is 3. The summed E-state index contributed by atoms with van der Waals surface area (Å²) in [5.74, 6) is 0.814. The quantitative estimate of drug-likeness (QED) is 0.335. The molecule has 0 aliphatic rings. The van der Waals surface area contributed by atoms with Crippen molar-refractivity contribution >= 4 is 29.9 Å². The molecule has 2 N–H and O–H groups in total. The molecule has 0 saturated heterocycles. The molecule has 28 heavy (non-hydrogen) atoms. The zero-order valence-corrected chi connectivity index (χ0v) is 18.0. The van der Waals surface area contributed by atoms with Gasteiger partial charge in [-0.1, -0.05) is 18.2 Å². The minimum atomic E-state index is -4.35. The third kappa shape index (κ3) is 9.25. The van der Waals surface area contributed by atoms with Crippen LogP contribution in [-0.4, -0.2) is 30.3 Å². The molecule has 0 aliphatic heterocycles. The molecule has 0 saturated carbocycles. The highest BCUT2D eigenvalue weighted by atomic mass is 127. The van der Waals surface area contributed by atoms with E-state index in [1.54, 1.807) is 12.1 Å². The van der Waals surface area contributed by atoms with E-state index in [2.05, 4.69) is 20.6 Å². The van der Waals surface area contributed by atoms with E-state index in [1.807, 2.05) is 32.0 Å². The number of aromatic nitrogens is 1. The monoisotopic (exact) mass is 508 g/mol. The molecule has 1 aromatic carbocycles. The van der Waals surface area contributed by atoms with Gasteiger partial charge >= 0.3 is 6.18 Å². The lowest BCUT2D eigenvalue weighted by Crippen LogP contribution is -2.37. The molecule has 0 unspecified atom stereocenters. The Kier molecular flexibility index (Phi) is 10.0. The molecule has 2 aromatic rings. The fourth-order valence-electron chi connectivity index (χ4n) is 2.24. The van der Waals surface area contributed by atoms with Crippen LogP contribution in [0.1, 0.15) is 23.9 Å². The van der Waals surface area contributed by atoms with Gasteiger partial charge in [0.05, 0.1) is 18.8 Å². The van der Waals surface area contributed by atoms with Crippen LogP contribution < -0.4 is 15.4 Å². The van der Waals surface area contributed by atoms with Gasteiger partial charge in [0.1, 0.15) is 5.75 Å². The second-order valence-corrected chi connectivity index (χ2v) is 5.87. The summed E-state index contributed by atoms with van der Waals surface area (Å²) in [5.41, 5.74) is 2.72. The lowest BCUT2D eigenvalue weighted by atomic mass is 10.2. The SMILES string of the molecule is CCNC(=NCc1ccc(OCC(F)(F)F)cc1)NCc1cccc(C)n1.I. The van der Waals surface area contributed by atoms with Gasteiger partial charge in [0.25, 0.3) is 0 Å². The average molecular weight is 508 g/mol. The Morgan fingerprint density at radius 3 is 2.43 bits per heavy atom. The molecule has 0 fully saturated rings. The number of ether oxygens (including phenoxy) is 1. The minimum Gasteiger partial charge on any atom is -0.484 e. The van der Waals surface area contributed by atoms with Crippen molar-refractivity contribution in [2.24, 2.45) is 4.99 Å². The Bertz CT molecular complexity index is 752. The molecule has 0 atom stereocenters. The zero-order valence-electron chi connectivity index (χ0n) is 15.7. The summed E-state index contributed by atoms with van der Waals surface area (Å²) in [6.45, 7) is 4.23. The largest absolute Gasteiger partial charge is 0.484 e. The highest BCUT2D eigenvalue weighted by molar-refractivity contribution is 14.0. The first kappa shape index (κ1) is 24.0. The lowest BCUT2D eigenvalue weighted by Gasteiger charge is -2.12. The Balaban J connectivity index is 0.00000392. The first-order valence-electron chi connectivity index (χ1n) is 8.59. The summed E-state index contributed by atoms with van der Waals surface area (Å²) in [6, 6.07) is 12.2. The fraction of sp³-hybridized carbons (Fsp3) is 0.368. The third-order valence-corrected chi connectivity index (χ3v) is 3.47. The first-order valence-corrected chi connectivity index (χ1v) is 8.59. The van der Waals surface area contributed by atoms with E-state index >= 15 is 0 Å². The number of aryl methyl sites for hydroxylation is 1. The number of nitrogens with one attached hydrogen (secondary N) is 2. The van der Waals surface area contributed by atoms with E-state index in [4.69, 9.17) is 4.74 Å². The van der Waals surface area contributed by atoms with Crippen molar-refractivity contribution in [1.29, 1.82) is 0 Å². The van der Waals surface area contributed by atoms with Crippen LogP contribution in [0.3, 0.4) is 0 Å². The highest BCUT2D eigenvalue weighted by Crippen LogP contribution is 2.19. The summed E-state index contributed by atoms with van der Waals surface area (Å²) in [4.78, 5) is 8.91. The summed E-state index contributed by atoms with van der Waals surface area (Å²) in [7, 11) is 0. The van der Waals surface area contributed by atoms with Crippen LogP contribution in [0.4, 0.5) is 13.2 Å². The minimum absolute atomic E-state index is 0. The number of halogens is 4. The van der Waals surface area contributed by atoms with Crippen LogP contribution in [0, 0.1) is 6.92 Å². The Labute approximate surface area is 179 Å². The van der Waals surface area contributed by atoms with Crippen molar-refractivity contribution in [2.75, 3.05) is 13.2 Å². The highest BCUT2D eigenvalue weighted by Gasteiger charge is 2.28. The van der Waals surface area contributed by atoms with Crippen LogP contribution >= 0.6 is 24.0 Å². The van der Waals surface area contributed by atoms with Crippen molar-refractivity contribution in [3.63, 3.8) is 0 Å². The predicted molar refractivity (Wildman–Crippen MR) is 114 cm³/mol. The molecule has 0 aliphatic carbocycles. The molecule has 9 heteroatoms. The van der Waals surface area contributed by atoms with Gasteiger partial charge in [-0.3, -0.25) is 4.98 Å². The molecule has 1 heterocycles. The number of hydrogen-bond donors (Lipinski definition) is 2. The molecular formula is C19H24F3IN4O. The smallest absolute Gasteiger partial charge is 0.422 e. The summed E-state index contributed by atoms with van der Waals surface area (Å²) < 4.78 is 41.2. The topological polar surface area (TPSA) is 58.5 Å². The van der Waals surface area contributed by atoms with Gasteiger partial charge in [-0.2, -0.15) is 13.2 Å². The molecular weight excluding hydrogens is 484 g/mol. The molecule has 1 aromatic heterocycles. The number of benzene rings is 1. The van der Waals surface area contributed by atoms with E-state index in [9.17, 15) is 13.2 Å². The van der Waals surface area contributed by atoms with Gasteiger partial charge in [-0.25, -0.2) is 4.99 Å². The van der Waals surface area contributed by atoms with Crippen molar-refractivity contribution in [2.45, 2.75) is 33.1 Å². The van der Waals surface area contributed by atoms with Crippen LogP contribution in [0.15, 0.2) is 47.5 Å². The number of pyridine rings is 1. The normalized spacial score (nSPS) is 11.5. The second-order valence-electron chi connectivity index (χ2n) is 5.87. The Hall–Kier alpha value is -2.04. The second kappa shape index (κ2) is 11.7. The standard InChI is InChI=1S/C19H23F3N4O.HI/c1-3-23-18(25-12-16-6-4-5-14(2)26-16)24-11-15-7-9-17(10-8-15)27-13-19(20,21)22;/h4-10H,3,11-13H2,1-2H3,(H2,23,24,25);1H. The molecule has 0 radical (unpaired) electrons. The van der Waals surface area contributed by atoms with E-state index in [0.717, 1.165) is 17.0 Å². The van der Waals surface area contributed by atoms with E-state index in [-0.39, 0.29) is 29.7 Å². The molecule has 5 nitrogen and oxygen atoms in total. The number of alkyl halides is 3. The van der Waals surface area contributed by atoms with Crippen LogP contribution in [0.5, 0.6) is 5.75 Å². The number of aliphatic imine (C=N–C) groups is 1. The zero-order chi connectivity index (χ0) is 19.7. The molecule has 0 bridgehead atoms. The van der Waals surface area contributed by atoms with Crippen molar-refractivity contribution in [1.82, 2.24) is 15.6 Å². The van der Waals surface area contributed by atoms with Gasteiger partial charge in [-0.15, -0.1) is 24.0 Å². The Morgan fingerprint density at radius 1 is 1.11 bits per heavy atom. The summed E-state index contributed by atoms with van der Waals surface area (Å²) in [6.07, 6.45) is -4.35. The maximum Gasteiger partial charge on any atom is 0.422 e. The maximum absolute atomic E-state index is 12.2.